The summed E-state index contributed by atoms with van der Waals surface area (Å²) >= 11 is 5.58. The van der Waals surface area contributed by atoms with Crippen molar-refractivity contribution in [1.82, 2.24) is 14.8 Å². The molecule has 0 saturated carbocycles. The van der Waals surface area contributed by atoms with Gasteiger partial charge in [0.25, 0.3) is 0 Å². The summed E-state index contributed by atoms with van der Waals surface area (Å²) in [7, 11) is 0. The molecule has 0 atom stereocenters. The van der Waals surface area contributed by atoms with E-state index >= 15 is 0 Å². The zero-order valence-electron chi connectivity index (χ0n) is 6.98. The van der Waals surface area contributed by atoms with Crippen molar-refractivity contribution in [1.29, 1.82) is 0 Å². The fourth-order valence-corrected chi connectivity index (χ4v) is 1.97. The smallest absolute Gasteiger partial charge is 0.167 e. The maximum absolute atomic E-state index is 5.59. The van der Waals surface area contributed by atoms with Crippen molar-refractivity contribution in [3.05, 3.63) is 32.7 Å². The number of hydrogen-bond acceptors (Lipinski definition) is 3. The lowest BCUT2D eigenvalue weighted by molar-refractivity contribution is 0.842. The largest absolute Gasteiger partial charge is 0.397 e. The van der Waals surface area contributed by atoms with Crippen LogP contribution in [0.15, 0.2) is 29.1 Å². The summed E-state index contributed by atoms with van der Waals surface area (Å²) in [6.07, 6.45) is 5.27. The van der Waals surface area contributed by atoms with Gasteiger partial charge in [0.05, 0.1) is 26.1 Å². The third-order valence-corrected chi connectivity index (χ3v) is 2.75. The van der Waals surface area contributed by atoms with Crippen molar-refractivity contribution < 1.29 is 0 Å². The van der Waals surface area contributed by atoms with Crippen molar-refractivity contribution in [3.8, 4) is 5.82 Å². The Hall–Kier alpha value is -0.630. The summed E-state index contributed by atoms with van der Waals surface area (Å²) in [5, 5.41) is 4.15. The van der Waals surface area contributed by atoms with Gasteiger partial charge in [-0.05, 0) is 44.6 Å². The number of nitrogens with zero attached hydrogens (tertiary/aromatic N) is 3. The normalized spacial score (nSPS) is 10.4. The van der Waals surface area contributed by atoms with E-state index in [1.807, 2.05) is 6.20 Å². The first-order valence-electron chi connectivity index (χ1n) is 3.78. The Morgan fingerprint density at radius 3 is 2.79 bits per heavy atom. The lowest BCUT2D eigenvalue weighted by Gasteiger charge is -2.03. The van der Waals surface area contributed by atoms with E-state index in [1.165, 1.54) is 0 Å². The topological polar surface area (TPSA) is 56.7 Å². The molecule has 2 N–H and O–H groups in total. The van der Waals surface area contributed by atoms with Crippen LogP contribution in [-0.2, 0) is 0 Å². The summed E-state index contributed by atoms with van der Waals surface area (Å²) in [5.41, 5.74) is 6.21. The van der Waals surface area contributed by atoms with E-state index in [9.17, 15) is 0 Å². The SMILES string of the molecule is Nc1cnc(-n2cc(I)cn2)c(Br)c1. The molecular formula is C8H6BrIN4. The van der Waals surface area contributed by atoms with E-state index in [0.29, 0.717) is 5.69 Å². The maximum Gasteiger partial charge on any atom is 0.167 e. The molecule has 0 unspecified atom stereocenters. The van der Waals surface area contributed by atoms with Gasteiger partial charge < -0.3 is 5.73 Å². The number of halogens is 2. The average Bonchev–Trinajstić information content (AvgIpc) is 2.51. The van der Waals surface area contributed by atoms with Crippen molar-refractivity contribution in [2.24, 2.45) is 0 Å². The van der Waals surface area contributed by atoms with Gasteiger partial charge in [-0.1, -0.05) is 0 Å². The molecule has 0 aliphatic rings. The Balaban J connectivity index is 2.52. The number of anilines is 1. The van der Waals surface area contributed by atoms with Gasteiger partial charge in [-0.15, -0.1) is 0 Å². The molecule has 4 nitrogen and oxygen atoms in total. The minimum Gasteiger partial charge on any atom is -0.397 e. The summed E-state index contributed by atoms with van der Waals surface area (Å²) < 4.78 is 3.59. The molecule has 14 heavy (non-hydrogen) atoms. The Kier molecular flexibility index (Phi) is 2.73. The van der Waals surface area contributed by atoms with Crippen LogP contribution in [0.1, 0.15) is 0 Å². The molecule has 0 aliphatic heterocycles. The lowest BCUT2D eigenvalue weighted by atomic mass is 10.4. The van der Waals surface area contributed by atoms with E-state index in [1.54, 1.807) is 23.1 Å². The highest BCUT2D eigenvalue weighted by Gasteiger charge is 2.05. The third-order valence-electron chi connectivity index (χ3n) is 1.61. The van der Waals surface area contributed by atoms with Crippen LogP contribution >= 0.6 is 38.5 Å². The van der Waals surface area contributed by atoms with E-state index in [-0.39, 0.29) is 0 Å². The highest BCUT2D eigenvalue weighted by atomic mass is 127. The second-order valence-corrected chi connectivity index (χ2v) is 4.78. The van der Waals surface area contributed by atoms with Gasteiger partial charge in [-0.25, -0.2) is 9.67 Å². The van der Waals surface area contributed by atoms with Crippen molar-refractivity contribution >= 4 is 44.2 Å². The summed E-state index contributed by atoms with van der Waals surface area (Å²) in [4.78, 5) is 4.19. The highest BCUT2D eigenvalue weighted by molar-refractivity contribution is 14.1. The maximum atomic E-state index is 5.59. The van der Waals surface area contributed by atoms with Crippen LogP contribution in [0.3, 0.4) is 0 Å². The molecular weight excluding hydrogens is 359 g/mol. The molecule has 2 aromatic rings. The van der Waals surface area contributed by atoms with Crippen LogP contribution in [0.5, 0.6) is 0 Å². The molecule has 0 radical (unpaired) electrons. The van der Waals surface area contributed by atoms with Crippen molar-refractivity contribution in [3.63, 3.8) is 0 Å². The standard InChI is InChI=1S/C8H6BrIN4/c9-7-1-6(11)3-12-8(7)14-4-5(10)2-13-14/h1-4H,11H2. The van der Waals surface area contributed by atoms with Gasteiger partial charge in [0.15, 0.2) is 5.82 Å². The molecule has 0 bridgehead atoms. The molecule has 2 heterocycles. The van der Waals surface area contributed by atoms with Crippen LogP contribution < -0.4 is 5.73 Å². The van der Waals surface area contributed by atoms with Crippen molar-refractivity contribution in [2.45, 2.75) is 0 Å². The number of pyridine rings is 1. The zero-order valence-corrected chi connectivity index (χ0v) is 10.7. The molecule has 72 valence electrons. The predicted molar refractivity (Wildman–Crippen MR) is 66.2 cm³/mol. The molecule has 2 rings (SSSR count). The first kappa shape index (κ1) is 9.91. The number of nitrogens with two attached hydrogens (primary N) is 1. The monoisotopic (exact) mass is 364 g/mol. The molecule has 0 aliphatic carbocycles. The minimum absolute atomic E-state index is 0.627. The Bertz CT molecular complexity index is 468. The first-order chi connectivity index (χ1) is 6.66. The van der Waals surface area contributed by atoms with Gasteiger partial charge in [0, 0.05) is 6.20 Å². The van der Waals surface area contributed by atoms with Gasteiger partial charge in [0.1, 0.15) is 0 Å². The Morgan fingerprint density at radius 1 is 1.43 bits per heavy atom. The van der Waals surface area contributed by atoms with E-state index in [2.05, 4.69) is 48.6 Å². The molecule has 0 aromatic carbocycles. The fraction of sp³-hybridized carbons (Fsp3) is 0. The van der Waals surface area contributed by atoms with Gasteiger partial charge in [0.2, 0.25) is 0 Å². The Morgan fingerprint density at radius 2 is 2.21 bits per heavy atom. The summed E-state index contributed by atoms with van der Waals surface area (Å²) in [6.45, 7) is 0. The number of rotatable bonds is 1. The summed E-state index contributed by atoms with van der Waals surface area (Å²) in [6, 6.07) is 1.80. The molecule has 0 fully saturated rings. The van der Waals surface area contributed by atoms with Crippen LogP contribution in [0, 0.1) is 3.57 Å². The predicted octanol–water partition coefficient (Wildman–Crippen LogP) is 2.22. The number of hydrogen-bond donors (Lipinski definition) is 1. The molecule has 0 saturated heterocycles. The van der Waals surface area contributed by atoms with Gasteiger partial charge in [-0.2, -0.15) is 5.10 Å². The molecule has 6 heteroatoms. The van der Waals surface area contributed by atoms with Crippen LogP contribution in [0.2, 0.25) is 0 Å². The molecule has 0 spiro atoms. The third kappa shape index (κ3) is 1.90. The van der Waals surface area contributed by atoms with Crippen molar-refractivity contribution in [2.75, 3.05) is 5.73 Å². The number of nitrogen functional groups attached to an aromatic ring is 1. The van der Waals surface area contributed by atoms with Gasteiger partial charge in [-0.3, -0.25) is 0 Å². The summed E-state index contributed by atoms with van der Waals surface area (Å²) in [5.74, 6) is 0.738. The second-order valence-electron chi connectivity index (χ2n) is 2.68. The van der Waals surface area contributed by atoms with E-state index < -0.39 is 0 Å². The lowest BCUT2D eigenvalue weighted by Crippen LogP contribution is -2.00. The van der Waals surface area contributed by atoms with E-state index in [4.69, 9.17) is 5.73 Å². The fourth-order valence-electron chi connectivity index (χ4n) is 1.03. The minimum atomic E-state index is 0.627. The second kappa shape index (κ2) is 3.85. The van der Waals surface area contributed by atoms with Crippen LogP contribution in [-0.4, -0.2) is 14.8 Å². The van der Waals surface area contributed by atoms with Crippen LogP contribution in [0.4, 0.5) is 5.69 Å². The van der Waals surface area contributed by atoms with E-state index in [0.717, 1.165) is 13.9 Å². The number of aromatic nitrogens is 3. The van der Waals surface area contributed by atoms with Gasteiger partial charge >= 0.3 is 0 Å². The van der Waals surface area contributed by atoms with Crippen LogP contribution in [0.25, 0.3) is 5.82 Å². The molecule has 2 aromatic heterocycles. The average molecular weight is 365 g/mol. The molecule has 0 amide bonds. The first-order valence-corrected chi connectivity index (χ1v) is 5.65. The Labute approximate surface area is 103 Å². The highest BCUT2D eigenvalue weighted by Crippen LogP contribution is 2.20. The zero-order chi connectivity index (χ0) is 10.1. The quantitative estimate of drug-likeness (QED) is 0.789.